The van der Waals surface area contributed by atoms with Crippen molar-refractivity contribution in [3.8, 4) is 11.8 Å². The van der Waals surface area contributed by atoms with Crippen LogP contribution in [0.15, 0.2) is 18.2 Å². The van der Waals surface area contributed by atoms with Gasteiger partial charge >= 0.3 is 0 Å². The predicted octanol–water partition coefficient (Wildman–Crippen LogP) is 1.91. The van der Waals surface area contributed by atoms with Gasteiger partial charge in [0.05, 0.1) is 24.8 Å². The predicted molar refractivity (Wildman–Crippen MR) is 81.9 cm³/mol. The SMILES string of the molecule is CCN(CC)C(=O)C(C)NCc1cc(C#N)ccc1OC. The van der Waals surface area contributed by atoms with E-state index in [2.05, 4.69) is 11.4 Å². The Hall–Kier alpha value is -2.06. The first-order valence-corrected chi connectivity index (χ1v) is 7.16. The van der Waals surface area contributed by atoms with Crippen LogP contribution >= 0.6 is 0 Å². The zero-order valence-electron chi connectivity index (χ0n) is 13.1. The molecule has 21 heavy (non-hydrogen) atoms. The van der Waals surface area contributed by atoms with Gasteiger partial charge in [-0.2, -0.15) is 5.26 Å². The van der Waals surface area contributed by atoms with Crippen LogP contribution in [-0.2, 0) is 11.3 Å². The van der Waals surface area contributed by atoms with Crippen molar-refractivity contribution in [3.63, 3.8) is 0 Å². The average Bonchev–Trinajstić information content (AvgIpc) is 2.53. The molecule has 1 N–H and O–H groups in total. The molecule has 0 radical (unpaired) electrons. The normalized spacial score (nSPS) is 11.6. The Morgan fingerprint density at radius 1 is 1.43 bits per heavy atom. The minimum Gasteiger partial charge on any atom is -0.496 e. The molecule has 1 atom stereocenters. The van der Waals surface area contributed by atoms with Crippen LogP contribution in [0.3, 0.4) is 0 Å². The van der Waals surface area contributed by atoms with E-state index >= 15 is 0 Å². The number of hydrogen-bond donors (Lipinski definition) is 1. The molecule has 1 rings (SSSR count). The lowest BCUT2D eigenvalue weighted by Crippen LogP contribution is -2.44. The lowest BCUT2D eigenvalue weighted by atomic mass is 10.1. The number of likely N-dealkylation sites (N-methyl/N-ethyl adjacent to an activating group) is 1. The second kappa shape index (κ2) is 8.28. The van der Waals surface area contributed by atoms with Gasteiger partial charge in [-0.15, -0.1) is 0 Å². The Morgan fingerprint density at radius 3 is 2.62 bits per heavy atom. The summed E-state index contributed by atoms with van der Waals surface area (Å²) in [6.45, 7) is 7.67. The van der Waals surface area contributed by atoms with Crippen LogP contribution in [0.1, 0.15) is 31.9 Å². The van der Waals surface area contributed by atoms with Crippen molar-refractivity contribution >= 4 is 5.91 Å². The van der Waals surface area contributed by atoms with E-state index in [-0.39, 0.29) is 11.9 Å². The molecule has 1 aromatic carbocycles. The fourth-order valence-corrected chi connectivity index (χ4v) is 2.15. The van der Waals surface area contributed by atoms with Crippen molar-refractivity contribution in [2.45, 2.75) is 33.4 Å². The van der Waals surface area contributed by atoms with Crippen LogP contribution in [0.2, 0.25) is 0 Å². The molecule has 0 aliphatic carbocycles. The van der Waals surface area contributed by atoms with E-state index in [1.165, 1.54) is 0 Å². The highest BCUT2D eigenvalue weighted by molar-refractivity contribution is 5.81. The molecular weight excluding hydrogens is 266 g/mol. The van der Waals surface area contributed by atoms with E-state index in [0.29, 0.717) is 30.9 Å². The van der Waals surface area contributed by atoms with Gasteiger partial charge in [-0.1, -0.05) is 0 Å². The molecule has 1 unspecified atom stereocenters. The number of carbonyl (C=O) groups excluding carboxylic acids is 1. The van der Waals surface area contributed by atoms with Gasteiger partial charge in [-0.3, -0.25) is 4.79 Å². The molecule has 0 saturated heterocycles. The molecule has 1 aromatic rings. The first-order valence-electron chi connectivity index (χ1n) is 7.16. The fraction of sp³-hybridized carbons (Fsp3) is 0.500. The molecule has 5 heteroatoms. The van der Waals surface area contributed by atoms with Gasteiger partial charge in [0.25, 0.3) is 0 Å². The van der Waals surface area contributed by atoms with Gasteiger partial charge in [-0.05, 0) is 39.0 Å². The summed E-state index contributed by atoms with van der Waals surface area (Å²) in [5, 5.41) is 12.1. The zero-order chi connectivity index (χ0) is 15.8. The number of nitrogens with one attached hydrogen (secondary N) is 1. The Kier molecular flexibility index (Phi) is 6.70. The van der Waals surface area contributed by atoms with Crippen LogP contribution in [0, 0.1) is 11.3 Å². The van der Waals surface area contributed by atoms with Gasteiger partial charge in [0.1, 0.15) is 5.75 Å². The molecule has 0 heterocycles. The van der Waals surface area contributed by atoms with Crippen molar-refractivity contribution in [2.24, 2.45) is 0 Å². The molecule has 114 valence electrons. The average molecular weight is 289 g/mol. The van der Waals surface area contributed by atoms with Crippen molar-refractivity contribution in [1.82, 2.24) is 10.2 Å². The summed E-state index contributed by atoms with van der Waals surface area (Å²) in [5.74, 6) is 0.791. The maximum atomic E-state index is 12.2. The largest absolute Gasteiger partial charge is 0.496 e. The standard InChI is InChI=1S/C16H23N3O2/c1-5-19(6-2)16(20)12(3)18-11-14-9-13(10-17)7-8-15(14)21-4/h7-9,12,18H,5-6,11H2,1-4H3. The van der Waals surface area contributed by atoms with Gasteiger partial charge in [0.2, 0.25) is 5.91 Å². The number of hydrogen-bond acceptors (Lipinski definition) is 4. The Morgan fingerprint density at radius 2 is 2.10 bits per heavy atom. The number of methoxy groups -OCH3 is 1. The second-order valence-corrected chi connectivity index (χ2v) is 4.75. The van der Waals surface area contributed by atoms with Crippen LogP contribution in [0.5, 0.6) is 5.75 Å². The second-order valence-electron chi connectivity index (χ2n) is 4.75. The summed E-state index contributed by atoms with van der Waals surface area (Å²) in [7, 11) is 1.59. The maximum Gasteiger partial charge on any atom is 0.239 e. The summed E-state index contributed by atoms with van der Waals surface area (Å²) >= 11 is 0. The third-order valence-electron chi connectivity index (χ3n) is 3.45. The summed E-state index contributed by atoms with van der Waals surface area (Å²) in [6, 6.07) is 7.09. The fourth-order valence-electron chi connectivity index (χ4n) is 2.15. The smallest absolute Gasteiger partial charge is 0.239 e. The number of benzene rings is 1. The van der Waals surface area contributed by atoms with Crippen molar-refractivity contribution in [2.75, 3.05) is 20.2 Å². The number of carbonyl (C=O) groups is 1. The molecular formula is C16H23N3O2. The lowest BCUT2D eigenvalue weighted by molar-refractivity contribution is -0.132. The topological polar surface area (TPSA) is 65.4 Å². The number of ether oxygens (including phenoxy) is 1. The highest BCUT2D eigenvalue weighted by Gasteiger charge is 2.18. The molecule has 0 aliphatic heterocycles. The van der Waals surface area contributed by atoms with E-state index in [1.807, 2.05) is 20.8 Å². The first-order chi connectivity index (χ1) is 10.1. The minimum atomic E-state index is -0.277. The van der Waals surface area contributed by atoms with Crippen LogP contribution in [0.25, 0.3) is 0 Å². The van der Waals surface area contributed by atoms with Gasteiger partial charge in [0.15, 0.2) is 0 Å². The van der Waals surface area contributed by atoms with Crippen molar-refractivity contribution < 1.29 is 9.53 Å². The van der Waals surface area contributed by atoms with Crippen molar-refractivity contribution in [3.05, 3.63) is 29.3 Å². The summed E-state index contributed by atoms with van der Waals surface area (Å²) in [4.78, 5) is 14.0. The maximum absolute atomic E-state index is 12.2. The van der Waals surface area contributed by atoms with Gasteiger partial charge in [0, 0.05) is 25.2 Å². The molecule has 5 nitrogen and oxygen atoms in total. The Labute approximate surface area is 126 Å². The summed E-state index contributed by atoms with van der Waals surface area (Å²) in [6.07, 6.45) is 0. The summed E-state index contributed by atoms with van der Waals surface area (Å²) < 4.78 is 5.28. The molecule has 0 spiro atoms. The van der Waals surface area contributed by atoms with E-state index in [1.54, 1.807) is 30.2 Å². The minimum absolute atomic E-state index is 0.0791. The number of rotatable bonds is 7. The van der Waals surface area contributed by atoms with E-state index in [4.69, 9.17) is 10.00 Å². The van der Waals surface area contributed by atoms with Crippen molar-refractivity contribution in [1.29, 1.82) is 5.26 Å². The monoisotopic (exact) mass is 289 g/mol. The molecule has 1 amide bonds. The molecule has 0 fully saturated rings. The number of nitrogens with zero attached hydrogens (tertiary/aromatic N) is 2. The first kappa shape index (κ1) is 17.0. The van der Waals surface area contributed by atoms with E-state index in [9.17, 15) is 4.79 Å². The van der Waals surface area contributed by atoms with E-state index < -0.39 is 0 Å². The highest BCUT2D eigenvalue weighted by Crippen LogP contribution is 2.19. The quantitative estimate of drug-likeness (QED) is 0.833. The Balaban J connectivity index is 2.74. The number of nitriles is 1. The van der Waals surface area contributed by atoms with Gasteiger partial charge < -0.3 is 15.0 Å². The van der Waals surface area contributed by atoms with E-state index in [0.717, 1.165) is 5.56 Å². The molecule has 0 bridgehead atoms. The highest BCUT2D eigenvalue weighted by atomic mass is 16.5. The Bertz CT molecular complexity index is 519. The van der Waals surface area contributed by atoms with Gasteiger partial charge in [-0.25, -0.2) is 0 Å². The van der Waals surface area contributed by atoms with Crippen LogP contribution in [0.4, 0.5) is 0 Å². The van der Waals surface area contributed by atoms with Crippen LogP contribution < -0.4 is 10.1 Å². The third kappa shape index (κ3) is 4.47. The number of amides is 1. The molecule has 0 aliphatic rings. The van der Waals surface area contributed by atoms with Crippen LogP contribution in [-0.4, -0.2) is 37.0 Å². The molecule has 0 aromatic heterocycles. The lowest BCUT2D eigenvalue weighted by Gasteiger charge is -2.23. The molecule has 0 saturated carbocycles. The zero-order valence-corrected chi connectivity index (χ0v) is 13.1. The summed E-state index contributed by atoms with van der Waals surface area (Å²) in [5.41, 5.74) is 1.45. The third-order valence-corrected chi connectivity index (χ3v) is 3.45.